The van der Waals surface area contributed by atoms with Crippen molar-refractivity contribution in [3.63, 3.8) is 0 Å². The van der Waals surface area contributed by atoms with Crippen LogP contribution in [0.15, 0.2) is 24.3 Å². The second-order valence-electron chi connectivity index (χ2n) is 6.84. The first-order valence-corrected chi connectivity index (χ1v) is 9.10. The zero-order valence-electron chi connectivity index (χ0n) is 14.3. The highest BCUT2D eigenvalue weighted by atomic mass is 32.1. The van der Waals surface area contributed by atoms with E-state index in [0.29, 0.717) is 4.99 Å². The van der Waals surface area contributed by atoms with E-state index in [1.807, 2.05) is 12.1 Å². The van der Waals surface area contributed by atoms with Crippen molar-refractivity contribution in [2.24, 2.45) is 17.6 Å². The van der Waals surface area contributed by atoms with E-state index < -0.39 is 0 Å². The number of hydrogen-bond donors (Lipinski definition) is 3. The third-order valence-electron chi connectivity index (χ3n) is 5.28. The molecule has 5 heteroatoms. The number of amides is 1. The number of aromatic nitrogens is 1. The number of carbonyl (C=O) groups excluding carboxylic acids is 1. The van der Waals surface area contributed by atoms with Gasteiger partial charge in [0.25, 0.3) is 0 Å². The Morgan fingerprint density at radius 2 is 2.21 bits per heavy atom. The van der Waals surface area contributed by atoms with Crippen LogP contribution in [0, 0.1) is 11.8 Å². The number of thiocarbonyl (C=S) groups is 1. The van der Waals surface area contributed by atoms with Gasteiger partial charge in [-0.05, 0) is 36.8 Å². The summed E-state index contributed by atoms with van der Waals surface area (Å²) in [6.45, 7) is 4.16. The van der Waals surface area contributed by atoms with Gasteiger partial charge in [0.15, 0.2) is 0 Å². The summed E-state index contributed by atoms with van der Waals surface area (Å²) < 4.78 is 0. The van der Waals surface area contributed by atoms with Crippen LogP contribution in [-0.2, 0) is 17.6 Å². The fraction of sp³-hybridized carbons (Fsp3) is 0.474. The van der Waals surface area contributed by atoms with Crippen molar-refractivity contribution in [1.82, 2.24) is 10.3 Å². The average molecular weight is 343 g/mol. The summed E-state index contributed by atoms with van der Waals surface area (Å²) in [4.78, 5) is 16.6. The van der Waals surface area contributed by atoms with E-state index in [2.05, 4.69) is 36.3 Å². The molecule has 4 N–H and O–H groups in total. The molecule has 0 fully saturated rings. The van der Waals surface area contributed by atoms with Crippen LogP contribution >= 0.6 is 12.2 Å². The average Bonchev–Trinajstić information content (AvgIpc) is 2.96. The molecule has 1 heterocycles. The zero-order chi connectivity index (χ0) is 17.3. The summed E-state index contributed by atoms with van der Waals surface area (Å²) in [7, 11) is 0. The van der Waals surface area contributed by atoms with Crippen LogP contribution in [0.4, 0.5) is 0 Å². The molecule has 128 valence electrons. The molecule has 1 aliphatic carbocycles. The number of nitrogens with two attached hydrogens (primary N) is 1. The fourth-order valence-corrected chi connectivity index (χ4v) is 3.89. The number of carbonyl (C=O) groups is 1. The quantitative estimate of drug-likeness (QED) is 0.731. The smallest absolute Gasteiger partial charge is 0.224 e. The predicted octanol–water partition coefficient (Wildman–Crippen LogP) is 3.09. The molecule has 0 aliphatic heterocycles. The number of H-pyrrole nitrogens is 1. The van der Waals surface area contributed by atoms with Crippen LogP contribution in [0.1, 0.15) is 37.9 Å². The molecule has 2 unspecified atom stereocenters. The molecule has 3 rings (SSSR count). The molecule has 3 atom stereocenters. The number of aryl methyl sites for hydroxylation is 1. The summed E-state index contributed by atoms with van der Waals surface area (Å²) in [5.74, 6) is 0.306. The summed E-state index contributed by atoms with van der Waals surface area (Å²) in [5, 5.41) is 4.33. The van der Waals surface area contributed by atoms with Crippen molar-refractivity contribution >= 4 is 34.0 Å². The van der Waals surface area contributed by atoms with Gasteiger partial charge in [-0.3, -0.25) is 4.79 Å². The van der Waals surface area contributed by atoms with E-state index in [1.54, 1.807) is 0 Å². The number of aromatic amines is 1. The maximum atomic E-state index is 12.8. The Kier molecular flexibility index (Phi) is 4.90. The van der Waals surface area contributed by atoms with Gasteiger partial charge >= 0.3 is 0 Å². The Labute approximate surface area is 148 Å². The molecule has 1 aliphatic rings. The molecule has 0 spiro atoms. The standard InChI is InChI=1S/C19H25N3OS/c1-3-11(2)17(18(20)24)22-19(23)12-8-9-16-14(10-12)13-6-4-5-7-15(13)21-16/h4-7,11-12,17,21H,3,8-10H2,1-2H3,(H2,20,24)(H,22,23)/t11?,12?,17-/m0/s1. The van der Waals surface area contributed by atoms with E-state index in [0.717, 1.165) is 31.2 Å². The molecular weight excluding hydrogens is 318 g/mol. The van der Waals surface area contributed by atoms with Crippen LogP contribution < -0.4 is 11.1 Å². The molecule has 1 aromatic heterocycles. The predicted molar refractivity (Wildman–Crippen MR) is 102 cm³/mol. The Hall–Kier alpha value is -1.88. The summed E-state index contributed by atoms with van der Waals surface area (Å²) in [6.07, 6.45) is 3.47. The lowest BCUT2D eigenvalue weighted by atomic mass is 9.85. The van der Waals surface area contributed by atoms with Crippen LogP contribution in [0.2, 0.25) is 0 Å². The van der Waals surface area contributed by atoms with Crippen LogP contribution in [0.25, 0.3) is 10.9 Å². The Morgan fingerprint density at radius 1 is 1.46 bits per heavy atom. The van der Waals surface area contributed by atoms with E-state index in [-0.39, 0.29) is 23.8 Å². The molecule has 24 heavy (non-hydrogen) atoms. The van der Waals surface area contributed by atoms with E-state index in [1.165, 1.54) is 16.6 Å². The molecule has 1 aromatic carbocycles. The largest absolute Gasteiger partial charge is 0.392 e. The molecule has 0 saturated heterocycles. The Balaban J connectivity index is 1.77. The summed E-state index contributed by atoms with van der Waals surface area (Å²) in [5.41, 5.74) is 9.55. The number of hydrogen-bond acceptors (Lipinski definition) is 2. The maximum Gasteiger partial charge on any atom is 0.224 e. The molecule has 0 saturated carbocycles. The molecule has 0 radical (unpaired) electrons. The van der Waals surface area contributed by atoms with Crippen molar-refractivity contribution in [2.75, 3.05) is 0 Å². The van der Waals surface area contributed by atoms with Gasteiger partial charge in [0.2, 0.25) is 5.91 Å². The van der Waals surface area contributed by atoms with Gasteiger partial charge in [0.1, 0.15) is 0 Å². The normalized spacial score (nSPS) is 19.5. The first-order chi connectivity index (χ1) is 11.5. The van der Waals surface area contributed by atoms with Crippen LogP contribution in [-0.4, -0.2) is 21.9 Å². The lowest BCUT2D eigenvalue weighted by Crippen LogP contribution is -2.49. The zero-order valence-corrected chi connectivity index (χ0v) is 15.1. The van der Waals surface area contributed by atoms with Gasteiger partial charge in [0, 0.05) is 22.5 Å². The summed E-state index contributed by atoms with van der Waals surface area (Å²) in [6, 6.07) is 8.08. The van der Waals surface area contributed by atoms with Gasteiger partial charge < -0.3 is 16.0 Å². The fourth-order valence-electron chi connectivity index (χ4n) is 3.59. The van der Waals surface area contributed by atoms with Gasteiger partial charge in [-0.1, -0.05) is 50.7 Å². The second kappa shape index (κ2) is 6.93. The third-order valence-corrected chi connectivity index (χ3v) is 5.54. The number of nitrogens with one attached hydrogen (secondary N) is 2. The van der Waals surface area contributed by atoms with Crippen molar-refractivity contribution < 1.29 is 4.79 Å². The highest BCUT2D eigenvalue weighted by molar-refractivity contribution is 7.80. The number of fused-ring (bicyclic) bond motifs is 3. The highest BCUT2D eigenvalue weighted by Crippen LogP contribution is 2.31. The minimum absolute atomic E-state index is 0.0161. The van der Waals surface area contributed by atoms with E-state index in [4.69, 9.17) is 18.0 Å². The maximum absolute atomic E-state index is 12.8. The first-order valence-electron chi connectivity index (χ1n) is 8.69. The highest BCUT2D eigenvalue weighted by Gasteiger charge is 2.30. The molecule has 2 aromatic rings. The second-order valence-corrected chi connectivity index (χ2v) is 7.31. The lowest BCUT2D eigenvalue weighted by molar-refractivity contribution is -0.125. The van der Waals surface area contributed by atoms with Crippen molar-refractivity contribution in [1.29, 1.82) is 0 Å². The SMILES string of the molecule is CCC(C)[C@H](NC(=O)C1CCc2[nH]c3ccccc3c2C1)C(N)=S. The summed E-state index contributed by atoms with van der Waals surface area (Å²) >= 11 is 5.15. The van der Waals surface area contributed by atoms with Crippen LogP contribution in [0.3, 0.4) is 0 Å². The van der Waals surface area contributed by atoms with Crippen LogP contribution in [0.5, 0.6) is 0 Å². The number of para-hydroxylation sites is 1. The van der Waals surface area contributed by atoms with Gasteiger partial charge in [-0.25, -0.2) is 0 Å². The lowest BCUT2D eigenvalue weighted by Gasteiger charge is -2.27. The monoisotopic (exact) mass is 343 g/mol. The van der Waals surface area contributed by atoms with Gasteiger partial charge in [-0.2, -0.15) is 0 Å². The topological polar surface area (TPSA) is 70.9 Å². The Bertz CT molecular complexity index is 767. The van der Waals surface area contributed by atoms with E-state index >= 15 is 0 Å². The van der Waals surface area contributed by atoms with Gasteiger partial charge in [0.05, 0.1) is 11.0 Å². The molecule has 4 nitrogen and oxygen atoms in total. The minimum atomic E-state index is -0.220. The van der Waals surface area contributed by atoms with E-state index in [9.17, 15) is 4.79 Å². The first kappa shape index (κ1) is 17.0. The molecule has 1 amide bonds. The van der Waals surface area contributed by atoms with Gasteiger partial charge in [-0.15, -0.1) is 0 Å². The Morgan fingerprint density at radius 3 is 2.92 bits per heavy atom. The van der Waals surface area contributed by atoms with Crippen molar-refractivity contribution in [3.8, 4) is 0 Å². The molecule has 0 bridgehead atoms. The van der Waals surface area contributed by atoms with Crippen molar-refractivity contribution in [2.45, 2.75) is 45.6 Å². The van der Waals surface area contributed by atoms with Crippen molar-refractivity contribution in [3.05, 3.63) is 35.5 Å². The molecular formula is C19H25N3OS. The minimum Gasteiger partial charge on any atom is -0.392 e. The number of benzene rings is 1. The third kappa shape index (κ3) is 3.18. The number of rotatable bonds is 5.